The minimum Gasteiger partial charge on any atom is -0.392 e. The molecule has 3 atom stereocenters. The first-order chi connectivity index (χ1) is 9.65. The second kappa shape index (κ2) is 4.07. The summed E-state index contributed by atoms with van der Waals surface area (Å²) in [4.78, 5) is 5.60. The normalized spacial score (nSPS) is 33.4. The third kappa shape index (κ3) is 1.41. The molecule has 2 aromatic rings. The zero-order chi connectivity index (χ0) is 13.9. The molecular weight excluding hydrogens is 252 g/mol. The number of aliphatic hydroxyl groups is 1. The number of β-amino-alcohol motifs (C(OH)–C–C–N with tert-alkyl or cyclic N) is 1. The van der Waals surface area contributed by atoms with Gasteiger partial charge in [0.25, 0.3) is 0 Å². The molecule has 4 nitrogen and oxygen atoms in total. The summed E-state index contributed by atoms with van der Waals surface area (Å²) in [6.07, 6.45) is 3.41. The Morgan fingerprint density at radius 1 is 1.45 bits per heavy atom. The molecule has 0 saturated carbocycles. The fraction of sp³-hybridized carbons (Fsp3) is 0.500. The molecule has 1 fully saturated rings. The number of aromatic nitrogens is 1. The van der Waals surface area contributed by atoms with E-state index in [2.05, 4.69) is 41.3 Å². The maximum Gasteiger partial charge on any atom is 0.112 e. The van der Waals surface area contributed by atoms with Crippen molar-refractivity contribution in [3.05, 3.63) is 35.5 Å². The minimum atomic E-state index is -0.402. The predicted octanol–water partition coefficient (Wildman–Crippen LogP) is 1.63. The van der Waals surface area contributed by atoms with Crippen LogP contribution in [0.5, 0.6) is 0 Å². The number of likely N-dealkylation sites (tertiary alicyclic amines) is 1. The van der Waals surface area contributed by atoms with Crippen molar-refractivity contribution < 1.29 is 9.84 Å². The highest BCUT2D eigenvalue weighted by Crippen LogP contribution is 2.47. The number of piperidine rings is 1. The van der Waals surface area contributed by atoms with Gasteiger partial charge in [0.1, 0.15) is 5.60 Å². The number of hydrogen-bond donors (Lipinski definition) is 2. The fourth-order valence-electron chi connectivity index (χ4n) is 4.28. The molecule has 0 radical (unpaired) electrons. The van der Waals surface area contributed by atoms with Crippen LogP contribution in [0, 0.1) is 0 Å². The molecule has 20 heavy (non-hydrogen) atoms. The average Bonchev–Trinajstić information content (AvgIpc) is 2.85. The Balaban J connectivity index is 2.00. The first-order valence-electron chi connectivity index (χ1n) is 7.18. The number of ether oxygens (including phenoxy) is 1. The van der Waals surface area contributed by atoms with Gasteiger partial charge < -0.3 is 14.8 Å². The Labute approximate surface area is 118 Å². The van der Waals surface area contributed by atoms with E-state index in [-0.39, 0.29) is 12.1 Å². The van der Waals surface area contributed by atoms with Gasteiger partial charge in [-0.1, -0.05) is 12.1 Å². The summed E-state index contributed by atoms with van der Waals surface area (Å²) >= 11 is 0. The zero-order valence-corrected chi connectivity index (χ0v) is 11.9. The van der Waals surface area contributed by atoms with Crippen LogP contribution in [-0.4, -0.2) is 47.8 Å². The van der Waals surface area contributed by atoms with E-state index in [0.29, 0.717) is 13.0 Å². The topological polar surface area (TPSA) is 48.5 Å². The number of aliphatic hydroxyl groups excluding tert-OH is 1. The average molecular weight is 272 g/mol. The summed E-state index contributed by atoms with van der Waals surface area (Å²) in [6, 6.07) is 6.61. The smallest absolute Gasteiger partial charge is 0.112 e. The van der Waals surface area contributed by atoms with Crippen LogP contribution in [-0.2, 0) is 16.8 Å². The molecule has 4 rings (SSSR count). The summed E-state index contributed by atoms with van der Waals surface area (Å²) < 4.78 is 6.02. The van der Waals surface area contributed by atoms with Gasteiger partial charge in [-0.15, -0.1) is 0 Å². The van der Waals surface area contributed by atoms with Gasteiger partial charge in [-0.3, -0.25) is 4.90 Å². The minimum absolute atomic E-state index is 0.282. The lowest BCUT2D eigenvalue weighted by Gasteiger charge is -2.52. The van der Waals surface area contributed by atoms with Crippen molar-refractivity contribution in [1.82, 2.24) is 9.88 Å². The number of benzene rings is 1. The Morgan fingerprint density at radius 3 is 3.10 bits per heavy atom. The van der Waals surface area contributed by atoms with Gasteiger partial charge in [0, 0.05) is 43.2 Å². The highest BCUT2D eigenvalue weighted by atomic mass is 16.5. The van der Waals surface area contributed by atoms with Crippen LogP contribution in [0.1, 0.15) is 17.5 Å². The summed E-state index contributed by atoms with van der Waals surface area (Å²) in [5.74, 6) is 0. The van der Waals surface area contributed by atoms with Gasteiger partial charge in [0.05, 0.1) is 6.10 Å². The number of hydrogen-bond acceptors (Lipinski definition) is 3. The Hall–Kier alpha value is -1.36. The molecule has 4 heteroatoms. The van der Waals surface area contributed by atoms with Crippen LogP contribution in [0.4, 0.5) is 0 Å². The molecule has 1 saturated heterocycles. The Bertz CT molecular complexity index is 666. The van der Waals surface area contributed by atoms with Crippen LogP contribution in [0.3, 0.4) is 0 Å². The lowest BCUT2D eigenvalue weighted by atomic mass is 9.70. The van der Waals surface area contributed by atoms with E-state index in [1.807, 2.05) is 0 Å². The molecule has 0 spiro atoms. The van der Waals surface area contributed by atoms with Crippen molar-refractivity contribution >= 4 is 10.9 Å². The van der Waals surface area contributed by atoms with E-state index in [1.54, 1.807) is 7.11 Å². The molecule has 0 amide bonds. The number of fused-ring (bicyclic) bond motifs is 2. The first kappa shape index (κ1) is 12.4. The van der Waals surface area contributed by atoms with Crippen LogP contribution in [0.25, 0.3) is 10.9 Å². The lowest BCUT2D eigenvalue weighted by molar-refractivity contribution is -0.141. The number of rotatable bonds is 1. The first-order valence-corrected chi connectivity index (χ1v) is 7.18. The predicted molar refractivity (Wildman–Crippen MR) is 77.7 cm³/mol. The van der Waals surface area contributed by atoms with Crippen molar-refractivity contribution in [1.29, 1.82) is 0 Å². The third-order valence-electron chi connectivity index (χ3n) is 5.13. The summed E-state index contributed by atoms with van der Waals surface area (Å²) in [5.41, 5.74) is 3.34. The maximum atomic E-state index is 10.2. The Kier molecular flexibility index (Phi) is 2.52. The van der Waals surface area contributed by atoms with E-state index in [0.717, 1.165) is 11.9 Å². The second-order valence-electron chi connectivity index (χ2n) is 6.15. The molecule has 106 valence electrons. The molecule has 1 aromatic heterocycles. The van der Waals surface area contributed by atoms with Gasteiger partial charge in [-0.25, -0.2) is 0 Å². The molecule has 2 N–H and O–H groups in total. The molecule has 2 unspecified atom stereocenters. The van der Waals surface area contributed by atoms with Crippen LogP contribution < -0.4 is 0 Å². The van der Waals surface area contributed by atoms with Crippen molar-refractivity contribution in [2.45, 2.75) is 30.6 Å². The summed E-state index contributed by atoms with van der Waals surface area (Å²) in [6.45, 7) is 0.714. The van der Waals surface area contributed by atoms with E-state index in [9.17, 15) is 5.11 Å². The number of aromatic amines is 1. The molecule has 1 aromatic carbocycles. The molecule has 2 heterocycles. The quantitative estimate of drug-likeness (QED) is 0.829. The third-order valence-corrected chi connectivity index (χ3v) is 5.13. The van der Waals surface area contributed by atoms with Gasteiger partial charge in [0.15, 0.2) is 0 Å². The molecule has 0 bridgehead atoms. The van der Waals surface area contributed by atoms with Gasteiger partial charge in [-0.05, 0) is 30.7 Å². The molecular formula is C16H20N2O2. The maximum absolute atomic E-state index is 10.2. The van der Waals surface area contributed by atoms with Crippen molar-refractivity contribution in [2.24, 2.45) is 0 Å². The highest BCUT2D eigenvalue weighted by Gasteiger charge is 2.51. The number of nitrogens with zero attached hydrogens (tertiary/aromatic N) is 1. The van der Waals surface area contributed by atoms with Gasteiger partial charge in [-0.2, -0.15) is 0 Å². The van der Waals surface area contributed by atoms with Crippen LogP contribution >= 0.6 is 0 Å². The Morgan fingerprint density at radius 2 is 2.30 bits per heavy atom. The van der Waals surface area contributed by atoms with E-state index in [1.165, 1.54) is 16.5 Å². The summed E-state index contributed by atoms with van der Waals surface area (Å²) in [7, 11) is 3.86. The molecule has 1 aliphatic carbocycles. The molecule has 1 aliphatic heterocycles. The molecule has 2 aliphatic rings. The van der Waals surface area contributed by atoms with Gasteiger partial charge in [0.2, 0.25) is 0 Å². The van der Waals surface area contributed by atoms with Crippen molar-refractivity contribution in [2.75, 3.05) is 20.7 Å². The SMILES string of the molecule is COC12CC(O)CN(C)[C@@H]1Cc1c[nH]c3cccc2c13. The van der Waals surface area contributed by atoms with E-state index in [4.69, 9.17) is 4.74 Å². The summed E-state index contributed by atoms with van der Waals surface area (Å²) in [5, 5.41) is 11.5. The second-order valence-corrected chi connectivity index (χ2v) is 6.15. The zero-order valence-electron chi connectivity index (χ0n) is 11.9. The largest absolute Gasteiger partial charge is 0.392 e. The van der Waals surface area contributed by atoms with E-state index >= 15 is 0 Å². The standard InChI is InChI=1S/C16H20N2O2/c1-18-9-11(19)7-16(20-2)12-4-3-5-13-15(12)10(8-17-13)6-14(16)18/h3-5,8,11,14,17,19H,6-7,9H2,1-2H3/t11?,14-,16?/m1/s1. The van der Waals surface area contributed by atoms with Crippen molar-refractivity contribution in [3.8, 4) is 0 Å². The number of nitrogens with one attached hydrogen (secondary N) is 1. The van der Waals surface area contributed by atoms with Crippen LogP contribution in [0.15, 0.2) is 24.4 Å². The lowest BCUT2D eigenvalue weighted by Crippen LogP contribution is -2.60. The number of likely N-dealkylation sites (N-methyl/N-ethyl adjacent to an activating group) is 1. The van der Waals surface area contributed by atoms with Crippen molar-refractivity contribution in [3.63, 3.8) is 0 Å². The fourth-order valence-corrected chi connectivity index (χ4v) is 4.28. The van der Waals surface area contributed by atoms with Gasteiger partial charge >= 0.3 is 0 Å². The monoisotopic (exact) mass is 272 g/mol. The highest BCUT2D eigenvalue weighted by molar-refractivity contribution is 5.88. The number of methoxy groups -OCH3 is 1. The van der Waals surface area contributed by atoms with E-state index < -0.39 is 5.60 Å². The van der Waals surface area contributed by atoms with Crippen LogP contribution in [0.2, 0.25) is 0 Å². The number of H-pyrrole nitrogens is 1.